The Kier molecular flexibility index (Phi) is 4.70. The summed E-state index contributed by atoms with van der Waals surface area (Å²) in [6.07, 6.45) is 0. The normalized spacial score (nSPS) is 10.2. The topological polar surface area (TPSA) is 64.3 Å². The Hall–Kier alpha value is -2.20. The molecule has 2 rings (SSSR count). The Bertz CT molecular complexity index is 651. The minimum atomic E-state index is -0.251. The van der Waals surface area contributed by atoms with Crippen molar-refractivity contribution in [1.29, 1.82) is 0 Å². The van der Waals surface area contributed by atoms with Gasteiger partial charge in [-0.2, -0.15) is 0 Å². The minimum Gasteiger partial charge on any atom is -0.483 e. The number of hydrogen-bond acceptors (Lipinski definition) is 3. The molecule has 0 fully saturated rings. The molecule has 0 spiro atoms. The Morgan fingerprint density at radius 3 is 2.52 bits per heavy atom. The van der Waals surface area contributed by atoms with Crippen molar-refractivity contribution in [3.63, 3.8) is 0 Å². The summed E-state index contributed by atoms with van der Waals surface area (Å²) in [5, 5.41) is 3.17. The van der Waals surface area contributed by atoms with E-state index in [4.69, 9.17) is 22.1 Å². The number of amides is 1. The number of nitrogens with two attached hydrogens (primary N) is 1. The Morgan fingerprint density at radius 2 is 1.90 bits per heavy atom. The van der Waals surface area contributed by atoms with Gasteiger partial charge in [-0.05, 0) is 43.2 Å². The van der Waals surface area contributed by atoms with E-state index in [2.05, 4.69) is 5.32 Å². The largest absolute Gasteiger partial charge is 0.483 e. The maximum atomic E-state index is 11.9. The second-order valence-corrected chi connectivity index (χ2v) is 5.20. The highest BCUT2D eigenvalue weighted by Crippen LogP contribution is 2.23. The first-order valence-electron chi connectivity index (χ1n) is 6.51. The summed E-state index contributed by atoms with van der Waals surface area (Å²) in [4.78, 5) is 11.9. The number of nitrogens with one attached hydrogen (secondary N) is 1. The van der Waals surface area contributed by atoms with Gasteiger partial charge >= 0.3 is 0 Å². The van der Waals surface area contributed by atoms with Crippen LogP contribution >= 0.6 is 11.6 Å². The van der Waals surface area contributed by atoms with Crippen LogP contribution < -0.4 is 15.8 Å². The number of para-hydroxylation sites is 1. The predicted octanol–water partition coefficient (Wildman–Crippen LogP) is 3.56. The molecule has 0 aliphatic rings. The van der Waals surface area contributed by atoms with Gasteiger partial charge in [0.1, 0.15) is 5.75 Å². The second kappa shape index (κ2) is 6.50. The molecule has 0 saturated carbocycles. The van der Waals surface area contributed by atoms with Gasteiger partial charge in [0.25, 0.3) is 5.91 Å². The highest BCUT2D eigenvalue weighted by Gasteiger charge is 2.08. The smallest absolute Gasteiger partial charge is 0.262 e. The number of halogens is 1. The van der Waals surface area contributed by atoms with Crippen LogP contribution in [0.2, 0.25) is 5.02 Å². The van der Waals surface area contributed by atoms with Gasteiger partial charge in [-0.1, -0.05) is 29.8 Å². The molecule has 1 amide bonds. The monoisotopic (exact) mass is 304 g/mol. The van der Waals surface area contributed by atoms with Crippen LogP contribution in [-0.4, -0.2) is 12.5 Å². The average molecular weight is 305 g/mol. The average Bonchev–Trinajstić information content (AvgIpc) is 2.42. The first-order chi connectivity index (χ1) is 9.97. The molecule has 0 bridgehead atoms. The molecule has 0 heterocycles. The molecular formula is C16H17ClN2O2. The molecule has 5 heteroatoms. The van der Waals surface area contributed by atoms with E-state index in [1.54, 1.807) is 18.2 Å². The lowest BCUT2D eigenvalue weighted by molar-refractivity contribution is -0.118. The van der Waals surface area contributed by atoms with Crippen LogP contribution in [0.4, 0.5) is 11.4 Å². The van der Waals surface area contributed by atoms with Crippen molar-refractivity contribution < 1.29 is 9.53 Å². The molecule has 0 aromatic heterocycles. The van der Waals surface area contributed by atoms with Gasteiger partial charge in [0.2, 0.25) is 0 Å². The Morgan fingerprint density at radius 1 is 1.24 bits per heavy atom. The fourth-order valence-corrected chi connectivity index (χ4v) is 2.10. The number of ether oxygens (including phenoxy) is 1. The summed E-state index contributed by atoms with van der Waals surface area (Å²) in [6.45, 7) is 3.83. The highest BCUT2D eigenvalue weighted by atomic mass is 35.5. The van der Waals surface area contributed by atoms with Gasteiger partial charge in [-0.25, -0.2) is 0 Å². The molecule has 2 aromatic carbocycles. The number of nitrogen functional groups attached to an aromatic ring is 1. The molecule has 2 aromatic rings. The van der Waals surface area contributed by atoms with Crippen molar-refractivity contribution in [1.82, 2.24) is 0 Å². The van der Waals surface area contributed by atoms with Crippen LogP contribution in [0.15, 0.2) is 36.4 Å². The summed E-state index contributed by atoms with van der Waals surface area (Å²) >= 11 is 5.83. The lowest BCUT2D eigenvalue weighted by atomic mass is 10.1. The third-order valence-electron chi connectivity index (χ3n) is 3.04. The summed E-state index contributed by atoms with van der Waals surface area (Å²) in [6, 6.07) is 10.8. The van der Waals surface area contributed by atoms with Gasteiger partial charge in [-0.3, -0.25) is 4.79 Å². The van der Waals surface area contributed by atoms with Gasteiger partial charge in [0.15, 0.2) is 6.61 Å². The fourth-order valence-electron chi connectivity index (χ4n) is 1.98. The van der Waals surface area contributed by atoms with Crippen LogP contribution in [0, 0.1) is 13.8 Å². The number of rotatable bonds is 4. The van der Waals surface area contributed by atoms with E-state index >= 15 is 0 Å². The summed E-state index contributed by atoms with van der Waals surface area (Å²) in [5.74, 6) is 0.489. The maximum absolute atomic E-state index is 11.9. The first-order valence-corrected chi connectivity index (χ1v) is 6.89. The zero-order chi connectivity index (χ0) is 15.4. The van der Waals surface area contributed by atoms with Crippen molar-refractivity contribution in [3.8, 4) is 5.75 Å². The van der Waals surface area contributed by atoms with Gasteiger partial charge in [0, 0.05) is 5.69 Å². The van der Waals surface area contributed by atoms with Gasteiger partial charge < -0.3 is 15.8 Å². The highest BCUT2D eigenvalue weighted by molar-refractivity contribution is 6.33. The quantitative estimate of drug-likeness (QED) is 0.849. The molecule has 0 aliphatic carbocycles. The van der Waals surface area contributed by atoms with E-state index < -0.39 is 0 Å². The van der Waals surface area contributed by atoms with E-state index in [-0.39, 0.29) is 12.5 Å². The maximum Gasteiger partial charge on any atom is 0.262 e. The second-order valence-electron chi connectivity index (χ2n) is 4.79. The van der Waals surface area contributed by atoms with E-state index in [1.807, 2.05) is 32.0 Å². The number of aryl methyl sites for hydroxylation is 2. The van der Waals surface area contributed by atoms with E-state index in [1.165, 1.54) is 0 Å². The number of carbonyl (C=O) groups excluding carboxylic acids is 1. The van der Waals surface area contributed by atoms with Crippen LogP contribution in [-0.2, 0) is 4.79 Å². The first kappa shape index (κ1) is 15.2. The SMILES string of the molecule is Cc1cccc(C)c1OCC(=O)Nc1ccc(Cl)c(N)c1. The molecule has 4 nitrogen and oxygen atoms in total. The summed E-state index contributed by atoms with van der Waals surface area (Å²) in [7, 11) is 0. The van der Waals surface area contributed by atoms with Crippen LogP contribution in [0.25, 0.3) is 0 Å². The van der Waals surface area contributed by atoms with Crippen molar-refractivity contribution in [3.05, 3.63) is 52.5 Å². The minimum absolute atomic E-state index is 0.0613. The molecule has 0 atom stereocenters. The van der Waals surface area contributed by atoms with Gasteiger partial charge in [0.05, 0.1) is 10.7 Å². The van der Waals surface area contributed by atoms with Crippen molar-refractivity contribution in [2.45, 2.75) is 13.8 Å². The van der Waals surface area contributed by atoms with Gasteiger partial charge in [-0.15, -0.1) is 0 Å². The molecule has 21 heavy (non-hydrogen) atoms. The number of carbonyl (C=O) groups is 1. The lowest BCUT2D eigenvalue weighted by Crippen LogP contribution is -2.20. The zero-order valence-electron chi connectivity index (χ0n) is 11.9. The van der Waals surface area contributed by atoms with E-state index in [0.29, 0.717) is 16.4 Å². The molecule has 0 radical (unpaired) electrons. The standard InChI is InChI=1S/C16H17ClN2O2/c1-10-4-3-5-11(2)16(10)21-9-15(20)19-12-6-7-13(17)14(18)8-12/h3-8H,9,18H2,1-2H3,(H,19,20). The molecule has 3 N–H and O–H groups in total. The van der Waals surface area contributed by atoms with E-state index in [9.17, 15) is 4.79 Å². The van der Waals surface area contributed by atoms with E-state index in [0.717, 1.165) is 16.9 Å². The van der Waals surface area contributed by atoms with Crippen LogP contribution in [0.3, 0.4) is 0 Å². The molecular weight excluding hydrogens is 288 g/mol. The summed E-state index contributed by atoms with van der Waals surface area (Å²) < 4.78 is 5.59. The molecule has 0 aliphatic heterocycles. The molecule has 0 unspecified atom stereocenters. The van der Waals surface area contributed by atoms with Crippen LogP contribution in [0.5, 0.6) is 5.75 Å². The third kappa shape index (κ3) is 3.89. The summed E-state index contributed by atoms with van der Waals surface area (Å²) in [5.41, 5.74) is 8.70. The molecule has 110 valence electrons. The van der Waals surface area contributed by atoms with Crippen molar-refractivity contribution in [2.75, 3.05) is 17.7 Å². The zero-order valence-corrected chi connectivity index (χ0v) is 12.7. The number of hydrogen-bond donors (Lipinski definition) is 2. The Labute approximate surface area is 128 Å². The third-order valence-corrected chi connectivity index (χ3v) is 3.38. The fraction of sp³-hybridized carbons (Fsp3) is 0.188. The lowest BCUT2D eigenvalue weighted by Gasteiger charge is -2.12. The predicted molar refractivity (Wildman–Crippen MR) is 85.9 cm³/mol. The van der Waals surface area contributed by atoms with Crippen molar-refractivity contribution >= 4 is 28.9 Å². The van der Waals surface area contributed by atoms with Crippen molar-refractivity contribution in [2.24, 2.45) is 0 Å². The number of benzene rings is 2. The Balaban J connectivity index is 1.97. The number of anilines is 2. The molecule has 0 saturated heterocycles. The van der Waals surface area contributed by atoms with Crippen LogP contribution in [0.1, 0.15) is 11.1 Å².